The highest BCUT2D eigenvalue weighted by molar-refractivity contribution is 5.58. The van der Waals surface area contributed by atoms with Crippen molar-refractivity contribution >= 4 is 5.78 Å². The largest absolute Gasteiger partial charge is 0.354 e. The minimum Gasteiger partial charge on any atom is -0.308 e. The van der Waals surface area contributed by atoms with E-state index in [2.05, 4.69) is 81.2 Å². The highest BCUT2D eigenvalue weighted by Gasteiger charge is 2.27. The first-order chi connectivity index (χ1) is 11.1. The smallest absolute Gasteiger partial charge is 0.308 e. The minimum atomic E-state index is 0.940. The lowest BCUT2D eigenvalue weighted by atomic mass is 10.2. The zero-order chi connectivity index (χ0) is 16.1. The van der Waals surface area contributed by atoms with Crippen LogP contribution in [0.3, 0.4) is 0 Å². The van der Waals surface area contributed by atoms with Crippen molar-refractivity contribution in [1.29, 1.82) is 0 Å². The number of fused-ring (bicyclic) bond motifs is 1. The molecule has 23 heavy (non-hydrogen) atoms. The van der Waals surface area contributed by atoms with E-state index in [1.807, 2.05) is 23.8 Å². The van der Waals surface area contributed by atoms with Gasteiger partial charge in [-0.25, -0.2) is 14.1 Å². The fourth-order valence-electron chi connectivity index (χ4n) is 3.25. The molecule has 0 radical (unpaired) electrons. The van der Waals surface area contributed by atoms with Crippen LogP contribution in [0, 0.1) is 0 Å². The highest BCUT2D eigenvalue weighted by atomic mass is 15.2. The summed E-state index contributed by atoms with van der Waals surface area (Å²) in [6.07, 6.45) is 10.0. The Bertz CT molecular complexity index is 998. The number of aryl methyl sites for hydroxylation is 3. The normalized spacial score (nSPS) is 11.5. The van der Waals surface area contributed by atoms with Gasteiger partial charge in [-0.1, -0.05) is 0 Å². The van der Waals surface area contributed by atoms with Crippen molar-refractivity contribution in [1.82, 2.24) is 18.5 Å². The molecule has 0 aliphatic rings. The second-order valence-corrected chi connectivity index (χ2v) is 5.91. The van der Waals surface area contributed by atoms with E-state index < -0.39 is 0 Å². The van der Waals surface area contributed by atoms with Gasteiger partial charge in [0.2, 0.25) is 11.5 Å². The first kappa shape index (κ1) is 13.8. The number of hydrogen-bond acceptors (Lipinski definition) is 1. The monoisotopic (exact) mass is 308 g/mol. The van der Waals surface area contributed by atoms with E-state index in [-0.39, 0.29) is 0 Å². The summed E-state index contributed by atoms with van der Waals surface area (Å²) < 4.78 is 10.7. The Labute approximate surface area is 134 Å². The van der Waals surface area contributed by atoms with Crippen LogP contribution in [-0.4, -0.2) is 18.5 Å². The van der Waals surface area contributed by atoms with Gasteiger partial charge in [-0.2, -0.15) is 4.57 Å². The van der Waals surface area contributed by atoms with Crippen molar-refractivity contribution in [2.24, 2.45) is 28.2 Å². The fraction of sp³-hybridized carbons (Fsp3) is 0.235. The van der Waals surface area contributed by atoms with E-state index in [9.17, 15) is 0 Å². The van der Waals surface area contributed by atoms with Crippen molar-refractivity contribution in [3.8, 4) is 22.9 Å². The maximum absolute atomic E-state index is 4.40. The van der Waals surface area contributed by atoms with E-state index in [1.165, 1.54) is 0 Å². The Kier molecular flexibility index (Phi) is 2.87. The van der Waals surface area contributed by atoms with Crippen LogP contribution >= 0.6 is 0 Å². The maximum Gasteiger partial charge on any atom is 0.354 e. The third-order valence-corrected chi connectivity index (χ3v) is 4.48. The molecule has 0 aliphatic heterocycles. The van der Waals surface area contributed by atoms with Crippen LogP contribution in [0.25, 0.3) is 28.7 Å². The molecule has 6 nitrogen and oxygen atoms in total. The lowest BCUT2D eigenvalue weighted by Gasteiger charge is -2.04. The van der Waals surface area contributed by atoms with Crippen LogP contribution in [0.2, 0.25) is 0 Å². The van der Waals surface area contributed by atoms with Gasteiger partial charge in [-0.15, -0.1) is 0 Å². The lowest BCUT2D eigenvalue weighted by Crippen LogP contribution is -2.40. The van der Waals surface area contributed by atoms with Gasteiger partial charge in [0.05, 0.1) is 14.1 Å². The van der Waals surface area contributed by atoms with Crippen molar-refractivity contribution in [3.63, 3.8) is 0 Å². The van der Waals surface area contributed by atoms with Gasteiger partial charge >= 0.3 is 5.82 Å². The van der Waals surface area contributed by atoms with Crippen LogP contribution in [0.4, 0.5) is 0 Å². The Balaban J connectivity index is 1.96. The molecule has 0 aliphatic carbocycles. The number of hydrogen-bond donors (Lipinski definition) is 0. The molecule has 0 saturated heterocycles. The topological polar surface area (TPSA) is 34.9 Å². The number of pyridine rings is 1. The van der Waals surface area contributed by atoms with Gasteiger partial charge in [-0.05, 0) is 6.07 Å². The summed E-state index contributed by atoms with van der Waals surface area (Å²) >= 11 is 0. The molecule has 0 amide bonds. The molecular weight excluding hydrogens is 288 g/mol. The molecule has 4 aromatic rings. The zero-order valence-corrected chi connectivity index (χ0v) is 13.8. The summed E-state index contributed by atoms with van der Waals surface area (Å²) in [4.78, 5) is 4.40. The van der Waals surface area contributed by atoms with Gasteiger partial charge in [-0.3, -0.25) is 4.40 Å². The Morgan fingerprint density at radius 3 is 2.52 bits per heavy atom. The van der Waals surface area contributed by atoms with Gasteiger partial charge < -0.3 is 4.57 Å². The molecule has 116 valence electrons. The summed E-state index contributed by atoms with van der Waals surface area (Å²) in [6, 6.07) is 6.39. The second kappa shape index (κ2) is 4.81. The summed E-state index contributed by atoms with van der Waals surface area (Å²) in [6.45, 7) is 0. The maximum atomic E-state index is 4.40. The number of aromatic nitrogens is 6. The molecule has 0 N–H and O–H groups in total. The number of imidazole rings is 3. The highest BCUT2D eigenvalue weighted by Crippen LogP contribution is 2.20. The lowest BCUT2D eigenvalue weighted by molar-refractivity contribution is -0.685. The Morgan fingerprint density at radius 1 is 1.04 bits per heavy atom. The summed E-state index contributed by atoms with van der Waals surface area (Å²) in [7, 11) is 8.29. The molecule has 0 bridgehead atoms. The Morgan fingerprint density at radius 2 is 1.83 bits per heavy atom. The third-order valence-electron chi connectivity index (χ3n) is 4.48. The van der Waals surface area contributed by atoms with E-state index in [4.69, 9.17) is 0 Å². The fourth-order valence-corrected chi connectivity index (χ4v) is 3.25. The van der Waals surface area contributed by atoms with Gasteiger partial charge in [0.25, 0.3) is 5.69 Å². The number of rotatable bonds is 2. The predicted octanol–water partition coefficient (Wildman–Crippen LogP) is 0.994. The first-order valence-corrected chi connectivity index (χ1v) is 7.57. The summed E-state index contributed by atoms with van der Waals surface area (Å²) in [5, 5.41) is 0. The third kappa shape index (κ3) is 1.91. The molecule has 0 saturated carbocycles. The average molecular weight is 308 g/mol. The second-order valence-electron chi connectivity index (χ2n) is 5.91. The van der Waals surface area contributed by atoms with Gasteiger partial charge in [0.15, 0.2) is 0 Å². The van der Waals surface area contributed by atoms with E-state index in [0.717, 1.165) is 28.7 Å². The quantitative estimate of drug-likeness (QED) is 0.509. The molecule has 0 fully saturated rings. The van der Waals surface area contributed by atoms with E-state index in [1.54, 1.807) is 0 Å². The minimum absolute atomic E-state index is 0.940. The van der Waals surface area contributed by atoms with Crippen molar-refractivity contribution in [3.05, 3.63) is 49.2 Å². The molecule has 0 spiro atoms. The van der Waals surface area contributed by atoms with Crippen LogP contribution in [0.15, 0.2) is 49.2 Å². The van der Waals surface area contributed by atoms with Crippen LogP contribution in [0.1, 0.15) is 0 Å². The summed E-state index contributed by atoms with van der Waals surface area (Å²) in [5.41, 5.74) is 3.45. The molecule has 0 unspecified atom stereocenters. The Hall–Kier alpha value is -2.89. The van der Waals surface area contributed by atoms with Crippen molar-refractivity contribution in [2.45, 2.75) is 0 Å². The number of nitrogens with zero attached hydrogens (tertiary/aromatic N) is 6. The zero-order valence-electron chi connectivity index (χ0n) is 13.8. The van der Waals surface area contributed by atoms with Crippen LogP contribution < -0.4 is 9.13 Å². The van der Waals surface area contributed by atoms with E-state index in [0.29, 0.717) is 0 Å². The molecule has 4 heterocycles. The molecule has 0 aromatic carbocycles. The van der Waals surface area contributed by atoms with Gasteiger partial charge in [0, 0.05) is 37.8 Å². The van der Waals surface area contributed by atoms with Crippen LogP contribution in [0.5, 0.6) is 0 Å². The molecule has 0 atom stereocenters. The molecular formula is C17H20N6+2. The molecule has 4 aromatic heterocycles. The molecule has 6 heteroatoms. The van der Waals surface area contributed by atoms with Crippen molar-refractivity contribution in [2.75, 3.05) is 0 Å². The van der Waals surface area contributed by atoms with Gasteiger partial charge in [0.1, 0.15) is 25.1 Å². The van der Waals surface area contributed by atoms with Crippen LogP contribution in [-0.2, 0) is 28.2 Å². The standard InChI is InChI=1S/C17H20N6/c1-19-10-11-20(2)16(19)14-7-5-6-13(21(14)3)15-12-23-9-8-18-17(23)22(15)4/h5-12H,1-4H3/q+2. The summed E-state index contributed by atoms with van der Waals surface area (Å²) in [5.74, 6) is 2.10. The molecule has 4 rings (SSSR count). The van der Waals surface area contributed by atoms with Crippen molar-refractivity contribution < 1.29 is 9.13 Å². The predicted molar refractivity (Wildman–Crippen MR) is 86.4 cm³/mol. The first-order valence-electron chi connectivity index (χ1n) is 7.57. The van der Waals surface area contributed by atoms with E-state index >= 15 is 0 Å². The average Bonchev–Trinajstić information content (AvgIpc) is 3.19. The SMILES string of the molecule is Cn1cc[n+](C)c1-c1cccc(-c2cn3ccnc3n2C)[n+]1C.